The zero-order chi connectivity index (χ0) is 18.5. The molecule has 2 heterocycles. The van der Waals surface area contributed by atoms with Gasteiger partial charge in [0.25, 0.3) is 0 Å². The summed E-state index contributed by atoms with van der Waals surface area (Å²) in [5, 5.41) is 3.30. The molecule has 0 spiro atoms. The van der Waals surface area contributed by atoms with Gasteiger partial charge in [0.1, 0.15) is 17.2 Å². The number of hydrogen-bond acceptors (Lipinski definition) is 6. The third-order valence-electron chi connectivity index (χ3n) is 3.81. The summed E-state index contributed by atoms with van der Waals surface area (Å²) < 4.78 is 4.99. The van der Waals surface area contributed by atoms with Crippen LogP contribution in [0.1, 0.15) is 6.42 Å². The van der Waals surface area contributed by atoms with Crippen molar-refractivity contribution >= 4 is 22.9 Å². The number of imidazole rings is 1. The molecule has 0 radical (unpaired) electrons. The highest BCUT2D eigenvalue weighted by molar-refractivity contribution is 5.87. The average Bonchev–Trinajstić information content (AvgIpc) is 3.04. The first kappa shape index (κ1) is 17.7. The molecule has 2 aromatic heterocycles. The van der Waals surface area contributed by atoms with Gasteiger partial charge in [-0.3, -0.25) is 0 Å². The van der Waals surface area contributed by atoms with Gasteiger partial charge >= 0.3 is 6.09 Å². The summed E-state index contributed by atoms with van der Waals surface area (Å²) in [4.78, 5) is 25.3. The zero-order valence-corrected chi connectivity index (χ0v) is 14.8. The van der Waals surface area contributed by atoms with Gasteiger partial charge in [-0.05, 0) is 51.3 Å². The minimum Gasteiger partial charge on any atom is -0.408 e. The van der Waals surface area contributed by atoms with Gasteiger partial charge in [-0.15, -0.1) is 0 Å². The molecule has 8 heteroatoms. The van der Waals surface area contributed by atoms with E-state index in [4.69, 9.17) is 10.5 Å². The maximum absolute atomic E-state index is 11.0. The highest BCUT2D eigenvalue weighted by atomic mass is 16.5. The molecule has 1 amide bonds. The Balaban J connectivity index is 1.74. The Hall–Kier alpha value is -3.13. The van der Waals surface area contributed by atoms with Crippen LogP contribution in [-0.2, 0) is 0 Å². The van der Waals surface area contributed by atoms with Crippen LogP contribution in [0, 0.1) is 0 Å². The number of nitrogens with two attached hydrogens (primary N) is 1. The predicted octanol–water partition coefficient (Wildman–Crippen LogP) is 2.45. The topological polar surface area (TPSA) is 109 Å². The number of pyridine rings is 1. The van der Waals surface area contributed by atoms with Crippen molar-refractivity contribution in [2.45, 2.75) is 6.42 Å². The van der Waals surface area contributed by atoms with Crippen LogP contribution in [0.4, 0.5) is 10.6 Å². The molecule has 1 aromatic carbocycles. The number of aromatic nitrogens is 3. The highest BCUT2D eigenvalue weighted by Gasteiger charge is 2.11. The highest BCUT2D eigenvalue weighted by Crippen LogP contribution is 2.27. The van der Waals surface area contributed by atoms with Crippen molar-refractivity contribution in [2.24, 2.45) is 5.73 Å². The standard InChI is InChI=1S/C18H22N6O2/c1-24(2)10-4-9-20-15-8-7-12(11-21-15)17-22-13-5-3-6-14(16(13)23-17)26-18(19)25/h3,5-8,11H,4,9-10H2,1-2H3,(H2,19,25)(H,20,21)(H,22,23). The molecule has 0 aliphatic carbocycles. The molecule has 4 N–H and O–H groups in total. The van der Waals surface area contributed by atoms with E-state index in [0.29, 0.717) is 17.1 Å². The van der Waals surface area contributed by atoms with Crippen LogP contribution >= 0.6 is 0 Å². The Morgan fingerprint density at radius 1 is 1.31 bits per heavy atom. The summed E-state index contributed by atoms with van der Waals surface area (Å²) in [7, 11) is 4.11. The van der Waals surface area contributed by atoms with Crippen LogP contribution in [0.3, 0.4) is 0 Å². The lowest BCUT2D eigenvalue weighted by atomic mass is 10.2. The molecule has 3 rings (SSSR count). The molecule has 26 heavy (non-hydrogen) atoms. The molecule has 3 aromatic rings. The number of para-hydroxylation sites is 1. The molecule has 0 atom stereocenters. The number of fused-ring (bicyclic) bond motifs is 1. The van der Waals surface area contributed by atoms with Gasteiger partial charge < -0.3 is 25.7 Å². The average molecular weight is 354 g/mol. The lowest BCUT2D eigenvalue weighted by molar-refractivity contribution is 0.211. The van der Waals surface area contributed by atoms with E-state index in [1.165, 1.54) is 0 Å². The summed E-state index contributed by atoms with van der Waals surface area (Å²) in [6, 6.07) is 9.12. The van der Waals surface area contributed by atoms with Crippen LogP contribution < -0.4 is 15.8 Å². The number of nitrogens with one attached hydrogen (secondary N) is 2. The fourth-order valence-corrected chi connectivity index (χ4v) is 2.58. The van der Waals surface area contributed by atoms with E-state index in [-0.39, 0.29) is 0 Å². The lowest BCUT2D eigenvalue weighted by Crippen LogP contribution is -2.16. The molecular formula is C18H22N6O2. The molecule has 0 saturated carbocycles. The van der Waals surface area contributed by atoms with E-state index in [2.05, 4.69) is 39.3 Å². The molecule has 0 aliphatic heterocycles. The second-order valence-electron chi connectivity index (χ2n) is 6.17. The molecule has 0 saturated heterocycles. The van der Waals surface area contributed by atoms with Gasteiger partial charge in [0.15, 0.2) is 5.75 Å². The summed E-state index contributed by atoms with van der Waals surface area (Å²) in [6.45, 7) is 1.89. The summed E-state index contributed by atoms with van der Waals surface area (Å²) >= 11 is 0. The van der Waals surface area contributed by atoms with E-state index in [1.807, 2.05) is 18.2 Å². The van der Waals surface area contributed by atoms with Crippen LogP contribution in [0.5, 0.6) is 5.75 Å². The smallest absolute Gasteiger partial charge is 0.408 e. The van der Waals surface area contributed by atoms with Crippen LogP contribution in [0.2, 0.25) is 0 Å². The monoisotopic (exact) mass is 354 g/mol. The van der Waals surface area contributed by atoms with Crippen molar-refractivity contribution in [3.05, 3.63) is 36.5 Å². The molecule has 0 unspecified atom stereocenters. The second-order valence-corrected chi connectivity index (χ2v) is 6.17. The van der Waals surface area contributed by atoms with Crippen molar-refractivity contribution in [3.63, 3.8) is 0 Å². The van der Waals surface area contributed by atoms with Gasteiger partial charge in [0.05, 0.1) is 5.52 Å². The third kappa shape index (κ3) is 4.28. The number of anilines is 1. The first-order valence-electron chi connectivity index (χ1n) is 8.34. The summed E-state index contributed by atoms with van der Waals surface area (Å²) in [6.07, 6.45) is 1.93. The Morgan fingerprint density at radius 2 is 2.15 bits per heavy atom. The van der Waals surface area contributed by atoms with E-state index >= 15 is 0 Å². The van der Waals surface area contributed by atoms with E-state index in [0.717, 1.165) is 36.4 Å². The number of carbonyl (C=O) groups is 1. The predicted molar refractivity (Wildman–Crippen MR) is 101 cm³/mol. The number of aromatic amines is 1. The van der Waals surface area contributed by atoms with E-state index in [1.54, 1.807) is 18.3 Å². The molecular weight excluding hydrogens is 332 g/mol. The van der Waals surface area contributed by atoms with Crippen LogP contribution in [-0.4, -0.2) is 53.1 Å². The maximum atomic E-state index is 11.0. The van der Waals surface area contributed by atoms with Crippen molar-refractivity contribution in [1.29, 1.82) is 0 Å². The maximum Gasteiger partial charge on any atom is 0.410 e. The van der Waals surface area contributed by atoms with E-state index < -0.39 is 6.09 Å². The molecule has 136 valence electrons. The molecule has 0 fully saturated rings. The molecule has 8 nitrogen and oxygen atoms in total. The largest absolute Gasteiger partial charge is 0.410 e. The van der Waals surface area contributed by atoms with Gasteiger partial charge in [-0.1, -0.05) is 6.07 Å². The number of ether oxygens (including phenoxy) is 1. The fraction of sp³-hybridized carbons (Fsp3) is 0.278. The van der Waals surface area contributed by atoms with Gasteiger partial charge in [-0.25, -0.2) is 14.8 Å². The number of amides is 1. The third-order valence-corrected chi connectivity index (χ3v) is 3.81. The first-order valence-corrected chi connectivity index (χ1v) is 8.34. The van der Waals surface area contributed by atoms with Crippen molar-refractivity contribution < 1.29 is 9.53 Å². The summed E-state index contributed by atoms with van der Waals surface area (Å²) in [5.74, 6) is 1.79. The minimum atomic E-state index is -0.867. The number of H-pyrrole nitrogens is 1. The summed E-state index contributed by atoms with van der Waals surface area (Å²) in [5.41, 5.74) is 7.24. The normalized spacial score (nSPS) is 11.0. The fourth-order valence-electron chi connectivity index (χ4n) is 2.58. The number of hydrogen-bond donors (Lipinski definition) is 3. The number of benzene rings is 1. The Kier molecular flexibility index (Phi) is 5.33. The minimum absolute atomic E-state index is 0.324. The molecule has 0 bridgehead atoms. The number of rotatable bonds is 7. The number of carbonyl (C=O) groups excluding carboxylic acids is 1. The number of nitrogens with zero attached hydrogens (tertiary/aromatic N) is 3. The van der Waals surface area contributed by atoms with Crippen LogP contribution in [0.15, 0.2) is 36.5 Å². The van der Waals surface area contributed by atoms with Crippen molar-refractivity contribution in [3.8, 4) is 17.1 Å². The zero-order valence-electron chi connectivity index (χ0n) is 14.8. The van der Waals surface area contributed by atoms with E-state index in [9.17, 15) is 4.79 Å². The van der Waals surface area contributed by atoms with Crippen LogP contribution in [0.25, 0.3) is 22.4 Å². The SMILES string of the molecule is CN(C)CCCNc1ccc(-c2nc3c(OC(N)=O)cccc3[nH]2)cn1. The second kappa shape index (κ2) is 7.83. The van der Waals surface area contributed by atoms with Gasteiger partial charge in [0, 0.05) is 18.3 Å². The Labute approximate surface area is 151 Å². The quantitative estimate of drug-likeness (QED) is 0.562. The Bertz CT molecular complexity index is 888. The first-order chi connectivity index (χ1) is 12.5. The molecule has 0 aliphatic rings. The van der Waals surface area contributed by atoms with Gasteiger partial charge in [-0.2, -0.15) is 0 Å². The van der Waals surface area contributed by atoms with Crippen molar-refractivity contribution in [2.75, 3.05) is 32.5 Å². The lowest BCUT2D eigenvalue weighted by Gasteiger charge is -2.10. The Morgan fingerprint density at radius 3 is 2.85 bits per heavy atom. The van der Waals surface area contributed by atoms with Crippen molar-refractivity contribution in [1.82, 2.24) is 19.9 Å². The van der Waals surface area contributed by atoms with Gasteiger partial charge in [0.2, 0.25) is 0 Å². The number of primary amides is 1.